The van der Waals surface area contributed by atoms with Crippen LogP contribution in [-0.2, 0) is 0 Å². The Bertz CT molecular complexity index is 1790. The Morgan fingerprint density at radius 2 is 1.62 bits per heavy atom. The number of carbonyl (C=O) groups excluding carboxylic acids is 2. The largest absolute Gasteiger partial charge is 0.495 e. The molecule has 1 fully saturated rings. The van der Waals surface area contributed by atoms with Crippen LogP contribution in [0.15, 0.2) is 83.4 Å². The van der Waals surface area contributed by atoms with Crippen molar-refractivity contribution in [2.24, 2.45) is 10.4 Å². The van der Waals surface area contributed by atoms with Gasteiger partial charge in [0.1, 0.15) is 17.2 Å². The van der Waals surface area contributed by atoms with Crippen LogP contribution in [0.1, 0.15) is 52.6 Å². The fourth-order valence-corrected chi connectivity index (χ4v) is 6.58. The van der Waals surface area contributed by atoms with Gasteiger partial charge in [-0.05, 0) is 35.3 Å². The Hall–Kier alpha value is -4.69. The number of nitrogens with one attached hydrogen (secondary N) is 1. The maximum absolute atomic E-state index is 14.0. The van der Waals surface area contributed by atoms with Gasteiger partial charge in [-0.25, -0.2) is 4.99 Å². The number of ether oxygens (including phenoxy) is 2. The third-order valence-corrected chi connectivity index (χ3v) is 9.09. The maximum Gasteiger partial charge on any atom is 0.196 e. The molecule has 8 nitrogen and oxygen atoms in total. The summed E-state index contributed by atoms with van der Waals surface area (Å²) in [6, 6.07) is 17.0. The van der Waals surface area contributed by atoms with E-state index in [1.54, 1.807) is 31.4 Å². The summed E-state index contributed by atoms with van der Waals surface area (Å²) in [5, 5.41) is 3.51. The summed E-state index contributed by atoms with van der Waals surface area (Å²) in [7, 11) is 1.71. The van der Waals surface area contributed by atoms with Gasteiger partial charge < -0.3 is 19.7 Å². The number of hydrogen-bond donors (Lipinski definition) is 1. The highest BCUT2D eigenvalue weighted by Crippen LogP contribution is 2.46. The molecule has 1 N–H and O–H groups in total. The monoisotopic (exact) mass is 602 g/mol. The van der Waals surface area contributed by atoms with Crippen LogP contribution >= 0.6 is 0 Å². The number of nitrogens with zero attached hydrogens (tertiary/aromatic N) is 3. The zero-order valence-electron chi connectivity index (χ0n) is 26.2. The summed E-state index contributed by atoms with van der Waals surface area (Å²) in [6.07, 6.45) is 5.76. The fraction of sp³-hybridized carbons (Fsp3) is 0.324. The molecule has 0 radical (unpaired) electrons. The average molecular weight is 603 g/mol. The smallest absolute Gasteiger partial charge is 0.196 e. The van der Waals surface area contributed by atoms with E-state index >= 15 is 0 Å². The Morgan fingerprint density at radius 1 is 0.933 bits per heavy atom. The molecule has 0 spiro atoms. The van der Waals surface area contributed by atoms with Gasteiger partial charge in [0.25, 0.3) is 0 Å². The number of ketones is 2. The minimum atomic E-state index is -0.358. The van der Waals surface area contributed by atoms with Crippen LogP contribution < -0.4 is 19.7 Å². The van der Waals surface area contributed by atoms with Crippen LogP contribution in [0.5, 0.6) is 11.5 Å². The Kier molecular flexibility index (Phi) is 7.32. The Balaban J connectivity index is 1.15. The van der Waals surface area contributed by atoms with E-state index in [1.807, 2.05) is 30.3 Å². The molecule has 8 heteroatoms. The van der Waals surface area contributed by atoms with Gasteiger partial charge >= 0.3 is 0 Å². The van der Waals surface area contributed by atoms with Crippen molar-refractivity contribution < 1.29 is 19.1 Å². The molecule has 7 rings (SSSR count). The van der Waals surface area contributed by atoms with Crippen LogP contribution in [0.4, 0.5) is 17.1 Å². The lowest BCUT2D eigenvalue weighted by molar-refractivity contribution is 0.0979. The second kappa shape index (κ2) is 11.3. The van der Waals surface area contributed by atoms with E-state index < -0.39 is 0 Å². The zero-order chi connectivity index (χ0) is 31.3. The summed E-state index contributed by atoms with van der Waals surface area (Å²) in [5.74, 6) is 1.02. The van der Waals surface area contributed by atoms with Crippen molar-refractivity contribution in [1.82, 2.24) is 4.90 Å². The van der Waals surface area contributed by atoms with Crippen LogP contribution in [-0.4, -0.2) is 74.7 Å². The molecule has 4 aliphatic rings. The molecular weight excluding hydrogens is 564 g/mol. The van der Waals surface area contributed by atoms with Gasteiger partial charge in [0.05, 0.1) is 29.6 Å². The van der Waals surface area contributed by atoms with Crippen LogP contribution in [0.3, 0.4) is 0 Å². The number of carbonyl (C=O) groups is 2. The topological polar surface area (TPSA) is 83.5 Å². The summed E-state index contributed by atoms with van der Waals surface area (Å²) in [5.41, 5.74) is 5.51. The van der Waals surface area contributed by atoms with Crippen molar-refractivity contribution in [3.8, 4) is 11.5 Å². The second-order valence-electron chi connectivity index (χ2n) is 12.9. The SMILES string of the molecule is COc1ccccc1N1CCN(CCNc2cc3c(c4c2C(=O)c2ccccc2C4=O)N=C2C=CC(C(C)(C)C)=CC2O3)CC1. The first-order chi connectivity index (χ1) is 21.7. The number of fused-ring (bicyclic) bond motifs is 5. The molecule has 0 aromatic heterocycles. The number of piperazine rings is 1. The van der Waals surface area contributed by atoms with Crippen LogP contribution in [0, 0.1) is 5.41 Å². The van der Waals surface area contributed by atoms with E-state index in [1.165, 1.54) is 0 Å². The molecule has 0 bridgehead atoms. The molecule has 3 aromatic rings. The first kappa shape index (κ1) is 29.0. The van der Waals surface area contributed by atoms with Crippen molar-refractivity contribution in [2.45, 2.75) is 26.9 Å². The number of aliphatic imine (C=N–C) groups is 1. The van der Waals surface area contributed by atoms with Crippen molar-refractivity contribution in [3.63, 3.8) is 0 Å². The lowest BCUT2D eigenvalue weighted by Crippen LogP contribution is -2.47. The summed E-state index contributed by atoms with van der Waals surface area (Å²) in [4.78, 5) is 37.6. The molecule has 230 valence electrons. The maximum atomic E-state index is 14.0. The van der Waals surface area contributed by atoms with E-state index in [0.717, 1.165) is 55.4 Å². The van der Waals surface area contributed by atoms with Crippen molar-refractivity contribution in [2.75, 3.05) is 56.6 Å². The summed E-state index contributed by atoms with van der Waals surface area (Å²) in [6.45, 7) is 11.5. The van der Waals surface area contributed by atoms with Crippen LogP contribution in [0.25, 0.3) is 0 Å². The van der Waals surface area contributed by atoms with Crippen molar-refractivity contribution in [3.05, 3.63) is 101 Å². The molecule has 0 amide bonds. The summed E-state index contributed by atoms with van der Waals surface area (Å²) < 4.78 is 12.1. The third-order valence-electron chi connectivity index (χ3n) is 9.09. The first-order valence-corrected chi connectivity index (χ1v) is 15.6. The average Bonchev–Trinajstić information content (AvgIpc) is 3.05. The van der Waals surface area contributed by atoms with E-state index in [4.69, 9.17) is 14.5 Å². The first-order valence-electron chi connectivity index (χ1n) is 15.6. The molecule has 1 atom stereocenters. The van der Waals surface area contributed by atoms with Crippen molar-refractivity contribution in [1.29, 1.82) is 0 Å². The highest BCUT2D eigenvalue weighted by Gasteiger charge is 2.38. The highest BCUT2D eigenvalue weighted by molar-refractivity contribution is 6.32. The molecule has 3 aromatic carbocycles. The minimum Gasteiger partial charge on any atom is -0.495 e. The molecule has 2 aliphatic heterocycles. The number of allylic oxidation sites excluding steroid dienone is 2. The zero-order valence-corrected chi connectivity index (χ0v) is 26.2. The van der Waals surface area contributed by atoms with E-state index in [9.17, 15) is 9.59 Å². The van der Waals surface area contributed by atoms with Gasteiger partial charge in [0.2, 0.25) is 0 Å². The van der Waals surface area contributed by atoms with Gasteiger partial charge in [-0.3, -0.25) is 14.5 Å². The molecular formula is C37H38N4O4. The molecule has 0 saturated carbocycles. The highest BCUT2D eigenvalue weighted by atomic mass is 16.5. The molecule has 1 unspecified atom stereocenters. The van der Waals surface area contributed by atoms with Gasteiger partial charge in [-0.2, -0.15) is 0 Å². The lowest BCUT2D eigenvalue weighted by atomic mass is 9.81. The Morgan fingerprint density at radius 3 is 2.33 bits per heavy atom. The third kappa shape index (κ3) is 5.23. The number of hydrogen-bond acceptors (Lipinski definition) is 8. The number of anilines is 2. The van der Waals surface area contributed by atoms with Crippen LogP contribution in [0.2, 0.25) is 0 Å². The number of para-hydroxylation sites is 2. The Labute approximate surface area is 264 Å². The predicted octanol–water partition coefficient (Wildman–Crippen LogP) is 6.08. The van der Waals surface area contributed by atoms with E-state index in [-0.39, 0.29) is 23.1 Å². The molecule has 2 heterocycles. The number of rotatable bonds is 6. The van der Waals surface area contributed by atoms with Gasteiger partial charge in [-0.15, -0.1) is 0 Å². The van der Waals surface area contributed by atoms with E-state index in [2.05, 4.69) is 54.1 Å². The number of benzene rings is 3. The normalized spacial score (nSPS) is 19.0. The second-order valence-corrected chi connectivity index (χ2v) is 12.9. The van der Waals surface area contributed by atoms with E-state index in [0.29, 0.717) is 45.9 Å². The lowest BCUT2D eigenvalue weighted by Gasteiger charge is -2.36. The van der Waals surface area contributed by atoms with Crippen molar-refractivity contribution >= 4 is 34.3 Å². The van der Waals surface area contributed by atoms with Gasteiger partial charge in [0.15, 0.2) is 17.7 Å². The van der Waals surface area contributed by atoms with Gasteiger partial charge in [0, 0.05) is 62.1 Å². The quantitative estimate of drug-likeness (QED) is 0.286. The van der Waals surface area contributed by atoms with Gasteiger partial charge in [-0.1, -0.05) is 63.2 Å². The fourth-order valence-electron chi connectivity index (χ4n) is 6.58. The molecule has 2 aliphatic carbocycles. The molecule has 45 heavy (non-hydrogen) atoms. The predicted molar refractivity (Wildman–Crippen MR) is 178 cm³/mol. The summed E-state index contributed by atoms with van der Waals surface area (Å²) >= 11 is 0. The number of methoxy groups -OCH3 is 1. The minimum absolute atomic E-state index is 0.0427. The standard InChI is InChI=1S/C37H38N4O4/c1-37(2,3)23-13-14-26-30(21-23)45-31-22-27(32-33(34(31)39-26)36(43)25-10-6-5-9-24(25)35(32)42)38-15-16-40-17-19-41(20-18-40)28-11-7-8-12-29(28)44-4/h5-14,21-22,30,38H,15-20H2,1-4H3. The molecule has 1 saturated heterocycles.